The zero-order chi connectivity index (χ0) is 21.6. The standard InChI is InChI=1S/C22H29N5O2S2/c1-15(12-17-4-11-30-13-17)26-21(28)19-16(2)18-20(24-14-25-22(18)31-19)23-5-3-6-27-7-9-29-10-8-27/h4,11,13-15H,3,5-10,12H2,1-2H3,(H,26,28)(H,23,24,25). The molecule has 3 aromatic heterocycles. The molecule has 0 radical (unpaired) electrons. The van der Waals surface area contributed by atoms with E-state index < -0.39 is 0 Å². The van der Waals surface area contributed by atoms with Crippen LogP contribution in [0.25, 0.3) is 10.2 Å². The van der Waals surface area contributed by atoms with Crippen LogP contribution >= 0.6 is 22.7 Å². The number of carbonyl (C=O) groups is 1. The predicted octanol–water partition coefficient (Wildman–Crippen LogP) is 3.56. The molecule has 4 rings (SSSR count). The van der Waals surface area contributed by atoms with Crippen molar-refractivity contribution in [2.24, 2.45) is 0 Å². The Morgan fingerprint density at radius 2 is 2.16 bits per heavy atom. The number of hydrogen-bond acceptors (Lipinski definition) is 8. The number of hydrogen-bond donors (Lipinski definition) is 2. The Balaban J connectivity index is 1.39. The lowest BCUT2D eigenvalue weighted by Crippen LogP contribution is -2.37. The van der Waals surface area contributed by atoms with Crippen LogP contribution in [0.5, 0.6) is 0 Å². The quantitative estimate of drug-likeness (QED) is 0.477. The minimum absolute atomic E-state index is 0.0403. The molecular formula is C22H29N5O2S2. The summed E-state index contributed by atoms with van der Waals surface area (Å²) in [6, 6.07) is 2.17. The van der Waals surface area contributed by atoms with E-state index in [0.29, 0.717) is 4.88 Å². The lowest BCUT2D eigenvalue weighted by atomic mass is 10.1. The fourth-order valence-corrected chi connectivity index (χ4v) is 5.59. The van der Waals surface area contributed by atoms with Gasteiger partial charge in [0.2, 0.25) is 0 Å². The highest BCUT2D eigenvalue weighted by Gasteiger charge is 2.20. The van der Waals surface area contributed by atoms with E-state index in [1.165, 1.54) is 16.9 Å². The Bertz CT molecular complexity index is 999. The summed E-state index contributed by atoms with van der Waals surface area (Å²) in [4.78, 5) is 25.8. The number of rotatable bonds is 9. The van der Waals surface area contributed by atoms with E-state index in [1.54, 1.807) is 17.7 Å². The summed E-state index contributed by atoms with van der Waals surface area (Å²) in [5, 5.41) is 11.7. The molecule has 31 heavy (non-hydrogen) atoms. The number of anilines is 1. The number of aromatic nitrogens is 2. The molecule has 0 aliphatic carbocycles. The van der Waals surface area contributed by atoms with E-state index in [9.17, 15) is 4.79 Å². The molecule has 1 amide bonds. The van der Waals surface area contributed by atoms with Crippen LogP contribution < -0.4 is 10.6 Å². The predicted molar refractivity (Wildman–Crippen MR) is 127 cm³/mol. The van der Waals surface area contributed by atoms with Crippen molar-refractivity contribution in [3.63, 3.8) is 0 Å². The lowest BCUT2D eigenvalue weighted by Gasteiger charge is -2.26. The Kier molecular flexibility index (Phi) is 7.49. The number of morpholine rings is 1. The van der Waals surface area contributed by atoms with E-state index in [0.717, 1.165) is 73.8 Å². The van der Waals surface area contributed by atoms with Gasteiger partial charge in [-0.1, -0.05) is 0 Å². The second-order valence-electron chi connectivity index (χ2n) is 7.90. The molecule has 1 saturated heterocycles. The summed E-state index contributed by atoms with van der Waals surface area (Å²) in [5.41, 5.74) is 2.19. The fraction of sp³-hybridized carbons (Fsp3) is 0.500. The van der Waals surface area contributed by atoms with Gasteiger partial charge in [-0.15, -0.1) is 11.3 Å². The molecular weight excluding hydrogens is 430 g/mol. The monoisotopic (exact) mass is 459 g/mol. The number of thiophene rings is 2. The molecule has 9 heteroatoms. The third-order valence-electron chi connectivity index (χ3n) is 5.48. The van der Waals surface area contributed by atoms with Crippen LogP contribution in [-0.2, 0) is 11.2 Å². The van der Waals surface area contributed by atoms with E-state index in [2.05, 4.69) is 42.3 Å². The van der Waals surface area contributed by atoms with Gasteiger partial charge in [0.05, 0.1) is 23.5 Å². The van der Waals surface area contributed by atoms with Gasteiger partial charge in [-0.25, -0.2) is 9.97 Å². The smallest absolute Gasteiger partial charge is 0.261 e. The summed E-state index contributed by atoms with van der Waals surface area (Å²) < 4.78 is 5.40. The molecule has 3 aromatic rings. The van der Waals surface area contributed by atoms with Gasteiger partial charge >= 0.3 is 0 Å². The topological polar surface area (TPSA) is 79.4 Å². The molecule has 1 unspecified atom stereocenters. The van der Waals surface area contributed by atoms with Crippen LogP contribution in [0.2, 0.25) is 0 Å². The molecule has 0 saturated carbocycles. The van der Waals surface area contributed by atoms with Gasteiger partial charge in [0.1, 0.15) is 17.0 Å². The van der Waals surface area contributed by atoms with Crippen LogP contribution in [0, 0.1) is 6.92 Å². The van der Waals surface area contributed by atoms with E-state index in [1.807, 2.05) is 13.8 Å². The highest BCUT2D eigenvalue weighted by Crippen LogP contribution is 2.33. The fourth-order valence-electron chi connectivity index (χ4n) is 3.86. The number of carbonyl (C=O) groups excluding carboxylic acids is 1. The normalized spacial score (nSPS) is 15.8. The molecule has 0 spiro atoms. The van der Waals surface area contributed by atoms with Gasteiger partial charge in [-0.3, -0.25) is 9.69 Å². The molecule has 4 heterocycles. The molecule has 166 valence electrons. The first-order valence-corrected chi connectivity index (χ1v) is 12.5. The van der Waals surface area contributed by atoms with E-state index in [4.69, 9.17) is 4.74 Å². The van der Waals surface area contributed by atoms with Crippen molar-refractivity contribution in [2.75, 3.05) is 44.7 Å². The highest BCUT2D eigenvalue weighted by molar-refractivity contribution is 7.20. The van der Waals surface area contributed by atoms with Crippen molar-refractivity contribution >= 4 is 44.6 Å². The van der Waals surface area contributed by atoms with Crippen LogP contribution in [-0.4, -0.2) is 66.2 Å². The Morgan fingerprint density at radius 1 is 1.32 bits per heavy atom. The number of amides is 1. The summed E-state index contributed by atoms with van der Waals surface area (Å²) >= 11 is 3.11. The summed E-state index contributed by atoms with van der Waals surface area (Å²) in [7, 11) is 0. The molecule has 0 bridgehead atoms. The summed E-state index contributed by atoms with van der Waals surface area (Å²) in [5.74, 6) is 0.771. The van der Waals surface area contributed by atoms with Gasteiger partial charge in [0.15, 0.2) is 0 Å². The molecule has 1 atom stereocenters. The van der Waals surface area contributed by atoms with Crippen LogP contribution in [0.4, 0.5) is 5.82 Å². The van der Waals surface area contributed by atoms with Gasteiger partial charge in [0.25, 0.3) is 5.91 Å². The third kappa shape index (κ3) is 5.60. The lowest BCUT2D eigenvalue weighted by molar-refractivity contribution is 0.0378. The molecule has 0 aromatic carbocycles. The largest absolute Gasteiger partial charge is 0.379 e. The first-order chi connectivity index (χ1) is 15.1. The molecule has 1 fully saturated rings. The van der Waals surface area contributed by atoms with E-state index in [-0.39, 0.29) is 11.9 Å². The Labute approximate surface area is 190 Å². The average Bonchev–Trinajstić information content (AvgIpc) is 3.40. The number of nitrogens with one attached hydrogen (secondary N) is 2. The summed E-state index contributed by atoms with van der Waals surface area (Å²) in [6.45, 7) is 9.56. The molecule has 1 aliphatic rings. The maximum atomic E-state index is 12.9. The summed E-state index contributed by atoms with van der Waals surface area (Å²) in [6.07, 6.45) is 3.43. The third-order valence-corrected chi connectivity index (χ3v) is 7.41. The van der Waals surface area contributed by atoms with Crippen LogP contribution in [0.1, 0.15) is 34.1 Å². The van der Waals surface area contributed by atoms with Gasteiger partial charge in [-0.05, 0) is 61.2 Å². The SMILES string of the molecule is Cc1c(C(=O)NC(C)Cc2ccsc2)sc2ncnc(NCCCN3CCOCC3)c12. The molecule has 7 nitrogen and oxygen atoms in total. The van der Waals surface area contributed by atoms with Crippen molar-refractivity contribution in [3.8, 4) is 0 Å². The first-order valence-electron chi connectivity index (χ1n) is 10.7. The van der Waals surface area contributed by atoms with Gasteiger partial charge in [0, 0.05) is 25.7 Å². The zero-order valence-electron chi connectivity index (χ0n) is 18.0. The van der Waals surface area contributed by atoms with Crippen molar-refractivity contribution in [3.05, 3.63) is 39.2 Å². The number of ether oxygens (including phenoxy) is 1. The van der Waals surface area contributed by atoms with E-state index >= 15 is 0 Å². The van der Waals surface area contributed by atoms with Crippen molar-refractivity contribution < 1.29 is 9.53 Å². The number of aryl methyl sites for hydroxylation is 1. The maximum Gasteiger partial charge on any atom is 0.261 e. The number of fused-ring (bicyclic) bond motifs is 1. The second-order valence-corrected chi connectivity index (χ2v) is 9.68. The highest BCUT2D eigenvalue weighted by atomic mass is 32.1. The first kappa shape index (κ1) is 22.1. The minimum Gasteiger partial charge on any atom is -0.379 e. The van der Waals surface area contributed by atoms with Crippen LogP contribution in [0.15, 0.2) is 23.2 Å². The number of nitrogens with zero attached hydrogens (tertiary/aromatic N) is 3. The van der Waals surface area contributed by atoms with Crippen LogP contribution in [0.3, 0.4) is 0 Å². The minimum atomic E-state index is -0.0403. The Morgan fingerprint density at radius 3 is 2.94 bits per heavy atom. The van der Waals surface area contributed by atoms with Crippen molar-refractivity contribution in [1.29, 1.82) is 0 Å². The second kappa shape index (κ2) is 10.5. The van der Waals surface area contributed by atoms with Gasteiger partial charge in [-0.2, -0.15) is 11.3 Å². The Hall–Kier alpha value is -2.07. The maximum absolute atomic E-state index is 12.9. The van der Waals surface area contributed by atoms with Gasteiger partial charge < -0.3 is 15.4 Å². The van der Waals surface area contributed by atoms with Crippen molar-refractivity contribution in [1.82, 2.24) is 20.2 Å². The molecule has 1 aliphatic heterocycles. The molecule has 2 N–H and O–H groups in total. The zero-order valence-corrected chi connectivity index (χ0v) is 19.7. The average molecular weight is 460 g/mol. The van der Waals surface area contributed by atoms with Crippen molar-refractivity contribution in [2.45, 2.75) is 32.7 Å².